The summed E-state index contributed by atoms with van der Waals surface area (Å²) in [5.41, 5.74) is 2.00. The van der Waals surface area contributed by atoms with Crippen LogP contribution in [0, 0.1) is 0 Å². The van der Waals surface area contributed by atoms with Crippen molar-refractivity contribution in [1.82, 2.24) is 4.98 Å². The number of aliphatic imine (C=N–C) groups is 1. The highest BCUT2D eigenvalue weighted by Crippen LogP contribution is 2.25. The summed E-state index contributed by atoms with van der Waals surface area (Å²) in [5, 5.41) is 0.469. The second kappa shape index (κ2) is 4.78. The van der Waals surface area contributed by atoms with E-state index in [1.54, 1.807) is 12.3 Å². The van der Waals surface area contributed by atoms with E-state index in [1.165, 1.54) is 0 Å². The highest BCUT2D eigenvalue weighted by Gasteiger charge is 2.22. The quantitative estimate of drug-likeness (QED) is 0.775. The number of ether oxygens (including phenoxy) is 1. The Morgan fingerprint density at radius 3 is 2.67 bits per heavy atom. The highest BCUT2D eigenvalue weighted by molar-refractivity contribution is 6.29. The first-order valence-electron chi connectivity index (χ1n) is 5.71. The predicted octanol–water partition coefficient (Wildman–Crippen LogP) is 3.25. The number of hydrogen-bond donors (Lipinski definition) is 0. The predicted molar refractivity (Wildman–Crippen MR) is 70.9 cm³/mol. The van der Waals surface area contributed by atoms with Crippen molar-refractivity contribution in [3.8, 4) is 0 Å². The largest absolute Gasteiger partial charge is 0.467 e. The van der Waals surface area contributed by atoms with Crippen LogP contribution in [-0.4, -0.2) is 17.4 Å². The smallest absolute Gasteiger partial charge is 0.218 e. The Kier molecular flexibility index (Phi) is 2.99. The molecule has 1 aliphatic heterocycles. The first-order chi connectivity index (χ1) is 8.83. The summed E-state index contributed by atoms with van der Waals surface area (Å²) < 4.78 is 5.84. The number of halogens is 1. The molecule has 0 bridgehead atoms. The Bertz CT molecular complexity index is 566. The lowest BCUT2D eigenvalue weighted by Gasteiger charge is -2.11. The van der Waals surface area contributed by atoms with Crippen LogP contribution in [0.1, 0.15) is 17.2 Å². The Morgan fingerprint density at radius 2 is 1.94 bits per heavy atom. The molecule has 3 rings (SSSR count). The topological polar surface area (TPSA) is 34.5 Å². The van der Waals surface area contributed by atoms with Gasteiger partial charge in [-0.15, -0.1) is 0 Å². The van der Waals surface area contributed by atoms with E-state index in [0.29, 0.717) is 17.6 Å². The molecule has 3 nitrogen and oxygen atoms in total. The van der Waals surface area contributed by atoms with Crippen molar-refractivity contribution < 1.29 is 4.74 Å². The summed E-state index contributed by atoms with van der Waals surface area (Å²) in [6.45, 7) is 0.641. The molecule has 1 atom stereocenters. The van der Waals surface area contributed by atoms with Crippen molar-refractivity contribution in [1.29, 1.82) is 0 Å². The number of benzene rings is 1. The Balaban J connectivity index is 1.77. The van der Waals surface area contributed by atoms with Crippen molar-refractivity contribution in [2.75, 3.05) is 6.54 Å². The molecule has 1 aromatic heterocycles. The van der Waals surface area contributed by atoms with E-state index in [9.17, 15) is 0 Å². The molecule has 0 spiro atoms. The second-order valence-corrected chi connectivity index (χ2v) is 4.42. The monoisotopic (exact) mass is 258 g/mol. The third-order valence-corrected chi connectivity index (χ3v) is 3.02. The maximum absolute atomic E-state index is 5.84. The van der Waals surface area contributed by atoms with Gasteiger partial charge >= 0.3 is 0 Å². The molecule has 4 heteroatoms. The lowest BCUT2D eigenvalue weighted by molar-refractivity contribution is 0.230. The summed E-state index contributed by atoms with van der Waals surface area (Å²) in [6, 6.07) is 13.7. The fraction of sp³-hybridized carbons (Fsp3) is 0.143. The lowest BCUT2D eigenvalue weighted by atomic mass is 10.1. The zero-order valence-electron chi connectivity index (χ0n) is 9.58. The number of rotatable bonds is 2. The van der Waals surface area contributed by atoms with Gasteiger partial charge in [-0.3, -0.25) is 0 Å². The van der Waals surface area contributed by atoms with Crippen molar-refractivity contribution in [3.05, 3.63) is 64.9 Å². The molecule has 0 aliphatic carbocycles. The molecule has 2 heterocycles. The molecule has 1 aromatic carbocycles. The van der Waals surface area contributed by atoms with Gasteiger partial charge < -0.3 is 4.74 Å². The number of hydrogen-bond acceptors (Lipinski definition) is 3. The SMILES string of the molecule is Clc1ccc(C2=NC[C@H](c3ccccc3)O2)cn1. The fourth-order valence-electron chi connectivity index (χ4n) is 1.88. The van der Waals surface area contributed by atoms with Gasteiger partial charge in [-0.05, 0) is 17.7 Å². The number of aromatic nitrogens is 1. The average molecular weight is 259 g/mol. The van der Waals surface area contributed by atoms with Crippen LogP contribution >= 0.6 is 11.6 Å². The van der Waals surface area contributed by atoms with Crippen LogP contribution in [0.25, 0.3) is 0 Å². The molecular formula is C14H11ClN2O. The van der Waals surface area contributed by atoms with E-state index in [-0.39, 0.29) is 6.10 Å². The lowest BCUT2D eigenvalue weighted by Crippen LogP contribution is -2.06. The van der Waals surface area contributed by atoms with Gasteiger partial charge in [0.05, 0.1) is 12.1 Å². The van der Waals surface area contributed by atoms with Crippen molar-refractivity contribution in [3.63, 3.8) is 0 Å². The summed E-state index contributed by atoms with van der Waals surface area (Å²) in [5.74, 6) is 0.632. The van der Waals surface area contributed by atoms with E-state index in [1.807, 2.05) is 36.4 Å². The van der Waals surface area contributed by atoms with Crippen LogP contribution in [0.4, 0.5) is 0 Å². The first kappa shape index (κ1) is 11.2. The van der Waals surface area contributed by atoms with Crippen LogP contribution in [0.5, 0.6) is 0 Å². The van der Waals surface area contributed by atoms with Gasteiger partial charge in [-0.2, -0.15) is 0 Å². The summed E-state index contributed by atoms with van der Waals surface area (Å²) in [7, 11) is 0. The molecule has 18 heavy (non-hydrogen) atoms. The van der Waals surface area contributed by atoms with Crippen LogP contribution in [0.2, 0.25) is 5.15 Å². The van der Waals surface area contributed by atoms with Gasteiger partial charge in [0.1, 0.15) is 11.3 Å². The summed E-state index contributed by atoms with van der Waals surface area (Å²) in [4.78, 5) is 8.43. The van der Waals surface area contributed by atoms with Crippen LogP contribution in [0.15, 0.2) is 53.7 Å². The number of pyridine rings is 1. The zero-order valence-corrected chi connectivity index (χ0v) is 10.3. The first-order valence-corrected chi connectivity index (χ1v) is 6.09. The van der Waals surface area contributed by atoms with Crippen LogP contribution in [0.3, 0.4) is 0 Å². The maximum atomic E-state index is 5.84. The molecule has 2 aromatic rings. The minimum atomic E-state index is -0.00289. The molecular weight excluding hydrogens is 248 g/mol. The summed E-state index contributed by atoms with van der Waals surface area (Å²) in [6.07, 6.45) is 1.67. The number of nitrogens with zero attached hydrogens (tertiary/aromatic N) is 2. The van der Waals surface area contributed by atoms with Gasteiger partial charge in [0.25, 0.3) is 0 Å². The minimum absolute atomic E-state index is 0.00289. The second-order valence-electron chi connectivity index (χ2n) is 4.03. The summed E-state index contributed by atoms with van der Waals surface area (Å²) >= 11 is 5.75. The zero-order chi connectivity index (χ0) is 12.4. The molecule has 0 radical (unpaired) electrons. The molecule has 0 fully saturated rings. The molecule has 0 unspecified atom stereocenters. The van der Waals surface area contributed by atoms with Crippen molar-refractivity contribution in [2.24, 2.45) is 4.99 Å². The molecule has 90 valence electrons. The minimum Gasteiger partial charge on any atom is -0.467 e. The van der Waals surface area contributed by atoms with Crippen molar-refractivity contribution in [2.45, 2.75) is 6.10 Å². The average Bonchev–Trinajstić information content (AvgIpc) is 2.90. The van der Waals surface area contributed by atoms with Gasteiger partial charge in [-0.25, -0.2) is 9.98 Å². The maximum Gasteiger partial charge on any atom is 0.218 e. The molecule has 0 saturated carbocycles. The normalized spacial score (nSPS) is 18.3. The molecule has 0 amide bonds. The molecule has 0 N–H and O–H groups in total. The van der Waals surface area contributed by atoms with Crippen LogP contribution < -0.4 is 0 Å². The Labute approximate surface area is 110 Å². The van der Waals surface area contributed by atoms with Gasteiger partial charge in [-0.1, -0.05) is 41.9 Å². The van der Waals surface area contributed by atoms with E-state index in [4.69, 9.17) is 16.3 Å². The van der Waals surface area contributed by atoms with Crippen LogP contribution in [-0.2, 0) is 4.74 Å². The van der Waals surface area contributed by atoms with Crippen molar-refractivity contribution >= 4 is 17.5 Å². The molecule has 0 saturated heterocycles. The standard InChI is InChI=1S/C14H11ClN2O/c15-13-7-6-11(8-16-13)14-17-9-12(18-14)10-4-2-1-3-5-10/h1-8,12H,9H2/t12-/m1/s1. The fourth-order valence-corrected chi connectivity index (χ4v) is 1.99. The highest BCUT2D eigenvalue weighted by atomic mass is 35.5. The Hall–Kier alpha value is -1.87. The third-order valence-electron chi connectivity index (χ3n) is 2.80. The molecule has 1 aliphatic rings. The van der Waals surface area contributed by atoms with Gasteiger partial charge in [0, 0.05) is 6.20 Å². The third kappa shape index (κ3) is 2.22. The van der Waals surface area contributed by atoms with Gasteiger partial charge in [0.2, 0.25) is 5.90 Å². The van der Waals surface area contributed by atoms with Gasteiger partial charge in [0.15, 0.2) is 0 Å². The van der Waals surface area contributed by atoms with E-state index < -0.39 is 0 Å². The van der Waals surface area contributed by atoms with E-state index in [2.05, 4.69) is 9.98 Å². The Morgan fingerprint density at radius 1 is 1.11 bits per heavy atom. The van der Waals surface area contributed by atoms with E-state index >= 15 is 0 Å². The van der Waals surface area contributed by atoms with E-state index in [0.717, 1.165) is 11.1 Å².